The zero-order valence-electron chi connectivity index (χ0n) is 18.1. The minimum Gasteiger partial charge on any atom is -0.493 e. The number of allylic oxidation sites excluding steroid dienone is 1. The summed E-state index contributed by atoms with van der Waals surface area (Å²) >= 11 is 4.19. The molecule has 0 aliphatic carbocycles. The number of imide groups is 1. The van der Waals surface area contributed by atoms with Crippen molar-refractivity contribution in [1.29, 1.82) is 0 Å². The van der Waals surface area contributed by atoms with Gasteiger partial charge in [-0.15, -0.1) is 6.58 Å². The molecule has 0 radical (unpaired) electrons. The maximum Gasteiger partial charge on any atom is 0.325 e. The molecule has 0 unspecified atom stereocenters. The second-order valence-corrected chi connectivity index (χ2v) is 8.87. The minimum absolute atomic E-state index is 0.207. The highest BCUT2D eigenvalue weighted by molar-refractivity contribution is 9.10. The van der Waals surface area contributed by atoms with Gasteiger partial charge in [0.25, 0.3) is 11.1 Å². The Morgan fingerprint density at radius 1 is 1.18 bits per heavy atom. The molecule has 172 valence electrons. The third-order valence-electron chi connectivity index (χ3n) is 4.72. The number of benzene rings is 2. The van der Waals surface area contributed by atoms with E-state index in [0.29, 0.717) is 30.1 Å². The molecule has 0 saturated carbocycles. The van der Waals surface area contributed by atoms with Crippen molar-refractivity contribution in [3.8, 4) is 11.5 Å². The van der Waals surface area contributed by atoms with Gasteiger partial charge in [-0.2, -0.15) is 0 Å². The van der Waals surface area contributed by atoms with Crippen LogP contribution in [-0.2, 0) is 27.4 Å². The third-order valence-corrected chi connectivity index (χ3v) is 6.16. The highest BCUT2D eigenvalue weighted by Crippen LogP contribution is 2.37. The first-order chi connectivity index (χ1) is 15.9. The molecular formula is C24H22BrNO6S. The van der Waals surface area contributed by atoms with Gasteiger partial charge in [-0.05, 0) is 59.7 Å². The molecule has 1 aliphatic heterocycles. The molecule has 33 heavy (non-hydrogen) atoms. The first-order valence-corrected chi connectivity index (χ1v) is 11.5. The molecule has 9 heteroatoms. The predicted molar refractivity (Wildman–Crippen MR) is 130 cm³/mol. The Bertz CT molecular complexity index is 1110. The van der Waals surface area contributed by atoms with Gasteiger partial charge in [-0.3, -0.25) is 19.3 Å². The molecule has 1 saturated heterocycles. The van der Waals surface area contributed by atoms with Gasteiger partial charge in [0.15, 0.2) is 11.5 Å². The van der Waals surface area contributed by atoms with E-state index in [0.717, 1.165) is 32.3 Å². The molecule has 3 rings (SSSR count). The quantitative estimate of drug-likeness (QED) is 0.256. The lowest BCUT2D eigenvalue weighted by atomic mass is 10.0. The summed E-state index contributed by atoms with van der Waals surface area (Å²) in [7, 11) is 2.73. The number of carbonyl (C=O) groups is 3. The molecule has 1 fully saturated rings. The number of amides is 2. The number of esters is 1. The van der Waals surface area contributed by atoms with Gasteiger partial charge >= 0.3 is 5.97 Å². The Morgan fingerprint density at radius 3 is 2.55 bits per heavy atom. The summed E-state index contributed by atoms with van der Waals surface area (Å²) in [6.07, 6.45) is 3.85. The number of rotatable bonds is 9. The highest BCUT2D eigenvalue weighted by Gasteiger charge is 2.36. The van der Waals surface area contributed by atoms with Gasteiger partial charge in [-0.25, -0.2) is 0 Å². The topological polar surface area (TPSA) is 82.1 Å². The lowest BCUT2D eigenvalue weighted by Crippen LogP contribution is -2.34. The number of hydrogen-bond donors (Lipinski definition) is 0. The summed E-state index contributed by atoms with van der Waals surface area (Å²) in [6.45, 7) is 3.73. The largest absolute Gasteiger partial charge is 0.493 e. The normalized spacial score (nSPS) is 14.5. The van der Waals surface area contributed by atoms with E-state index in [4.69, 9.17) is 9.47 Å². The van der Waals surface area contributed by atoms with Crippen LogP contribution in [0.5, 0.6) is 11.5 Å². The van der Waals surface area contributed by atoms with Crippen LogP contribution in [0.1, 0.15) is 16.7 Å². The number of methoxy groups -OCH3 is 2. The number of halogens is 1. The Kier molecular flexibility index (Phi) is 8.35. The van der Waals surface area contributed by atoms with Crippen molar-refractivity contribution < 1.29 is 28.6 Å². The Balaban J connectivity index is 1.89. The van der Waals surface area contributed by atoms with Crippen molar-refractivity contribution in [2.24, 2.45) is 0 Å². The molecule has 2 aromatic carbocycles. The average Bonchev–Trinajstić information content (AvgIpc) is 3.06. The Morgan fingerprint density at radius 2 is 1.91 bits per heavy atom. The molecular weight excluding hydrogens is 510 g/mol. The SMILES string of the molecule is C=CCc1cc(/C=C2\SC(=O)N(CC(=O)OC)C2=O)cc(OC)c1OCc1ccc(Br)cc1. The Labute approximate surface area is 204 Å². The van der Waals surface area contributed by atoms with Crippen molar-refractivity contribution in [3.63, 3.8) is 0 Å². The molecule has 2 aromatic rings. The van der Waals surface area contributed by atoms with Crippen LogP contribution in [0.2, 0.25) is 0 Å². The summed E-state index contributed by atoms with van der Waals surface area (Å²) in [6, 6.07) is 11.4. The molecule has 0 atom stereocenters. The molecule has 1 heterocycles. The van der Waals surface area contributed by atoms with Gasteiger partial charge in [0.05, 0.1) is 19.1 Å². The van der Waals surface area contributed by atoms with E-state index in [1.807, 2.05) is 30.3 Å². The summed E-state index contributed by atoms with van der Waals surface area (Å²) in [5.74, 6) is -0.140. The first-order valence-electron chi connectivity index (χ1n) is 9.87. The van der Waals surface area contributed by atoms with Gasteiger partial charge in [0.1, 0.15) is 13.2 Å². The standard InChI is InChI=1S/C24H22BrNO6S/c1-4-5-17-10-16(12-20-23(28)26(24(29)33-20)13-21(27)31-3)11-19(30-2)22(17)32-14-15-6-8-18(25)9-7-15/h4,6-12H,1,5,13-14H2,2-3H3/b20-12-. The number of hydrogen-bond acceptors (Lipinski definition) is 7. The first kappa shape index (κ1) is 24.6. The fourth-order valence-corrected chi connectivity index (χ4v) is 4.21. The van der Waals surface area contributed by atoms with Crippen LogP contribution in [0, 0.1) is 0 Å². The predicted octanol–water partition coefficient (Wildman–Crippen LogP) is 4.97. The molecule has 1 aliphatic rings. The van der Waals surface area contributed by atoms with Crippen LogP contribution in [0.15, 0.2) is 58.4 Å². The van der Waals surface area contributed by atoms with E-state index in [1.54, 1.807) is 18.2 Å². The van der Waals surface area contributed by atoms with Gasteiger partial charge in [0.2, 0.25) is 0 Å². The smallest absolute Gasteiger partial charge is 0.325 e. The molecule has 0 spiro atoms. The van der Waals surface area contributed by atoms with E-state index in [-0.39, 0.29) is 4.91 Å². The number of thioether (sulfide) groups is 1. The van der Waals surface area contributed by atoms with Crippen LogP contribution in [0.3, 0.4) is 0 Å². The van der Waals surface area contributed by atoms with Crippen molar-refractivity contribution in [2.75, 3.05) is 20.8 Å². The van der Waals surface area contributed by atoms with E-state index in [9.17, 15) is 14.4 Å². The van der Waals surface area contributed by atoms with Crippen molar-refractivity contribution >= 4 is 50.9 Å². The van der Waals surface area contributed by atoms with Gasteiger partial charge in [-0.1, -0.05) is 34.1 Å². The maximum absolute atomic E-state index is 12.6. The maximum atomic E-state index is 12.6. The zero-order chi connectivity index (χ0) is 24.0. The van der Waals surface area contributed by atoms with E-state index < -0.39 is 23.7 Å². The second kappa shape index (κ2) is 11.2. The van der Waals surface area contributed by atoms with E-state index in [2.05, 4.69) is 27.2 Å². The van der Waals surface area contributed by atoms with Crippen LogP contribution >= 0.6 is 27.7 Å². The summed E-state index contributed by atoms with van der Waals surface area (Å²) in [5.41, 5.74) is 2.47. The van der Waals surface area contributed by atoms with Crippen molar-refractivity contribution in [3.05, 3.63) is 75.1 Å². The minimum atomic E-state index is -0.666. The van der Waals surface area contributed by atoms with E-state index in [1.165, 1.54) is 14.2 Å². The number of ether oxygens (including phenoxy) is 3. The lowest BCUT2D eigenvalue weighted by molar-refractivity contribution is -0.143. The van der Waals surface area contributed by atoms with Crippen LogP contribution in [-0.4, -0.2) is 42.8 Å². The van der Waals surface area contributed by atoms with Crippen LogP contribution in [0.25, 0.3) is 6.08 Å². The summed E-state index contributed by atoms with van der Waals surface area (Å²) in [5, 5.41) is -0.524. The number of nitrogens with zero attached hydrogens (tertiary/aromatic N) is 1. The number of carbonyl (C=O) groups excluding carboxylic acids is 3. The van der Waals surface area contributed by atoms with Crippen LogP contribution < -0.4 is 9.47 Å². The zero-order valence-corrected chi connectivity index (χ0v) is 20.5. The molecule has 0 N–H and O–H groups in total. The van der Waals surface area contributed by atoms with Crippen molar-refractivity contribution in [2.45, 2.75) is 13.0 Å². The summed E-state index contributed by atoms with van der Waals surface area (Å²) < 4.78 is 17.2. The fraction of sp³-hybridized carbons (Fsp3) is 0.208. The highest BCUT2D eigenvalue weighted by atomic mass is 79.9. The van der Waals surface area contributed by atoms with Gasteiger partial charge < -0.3 is 14.2 Å². The molecule has 2 amide bonds. The molecule has 0 bridgehead atoms. The molecule has 7 nitrogen and oxygen atoms in total. The van der Waals surface area contributed by atoms with Crippen molar-refractivity contribution in [1.82, 2.24) is 4.90 Å². The van der Waals surface area contributed by atoms with Gasteiger partial charge in [0, 0.05) is 10.0 Å². The third kappa shape index (κ3) is 6.06. The average molecular weight is 532 g/mol. The van der Waals surface area contributed by atoms with Crippen LogP contribution in [0.4, 0.5) is 4.79 Å². The second-order valence-electron chi connectivity index (χ2n) is 6.96. The lowest BCUT2D eigenvalue weighted by Gasteiger charge is -2.16. The molecule has 0 aromatic heterocycles. The van der Waals surface area contributed by atoms with E-state index >= 15 is 0 Å². The fourth-order valence-electron chi connectivity index (χ4n) is 3.11. The Hall–Kier alpha value is -3.04. The monoisotopic (exact) mass is 531 g/mol. The summed E-state index contributed by atoms with van der Waals surface area (Å²) in [4.78, 5) is 37.4.